The first kappa shape index (κ1) is 15.4. The minimum atomic E-state index is -0.0948. The summed E-state index contributed by atoms with van der Waals surface area (Å²) in [5, 5.41) is 3.65. The van der Waals surface area contributed by atoms with Gasteiger partial charge >= 0.3 is 0 Å². The van der Waals surface area contributed by atoms with Crippen molar-refractivity contribution in [3.05, 3.63) is 64.2 Å². The van der Waals surface area contributed by atoms with Gasteiger partial charge < -0.3 is 5.32 Å². The van der Waals surface area contributed by atoms with E-state index in [0.29, 0.717) is 10.6 Å². The number of carbonyl (C=O) groups excluding carboxylic acids is 1. The Hall–Kier alpha value is -1.45. The van der Waals surface area contributed by atoms with Crippen LogP contribution in [0.1, 0.15) is 40.4 Å². The number of thioether (sulfide) groups is 1. The monoisotopic (exact) mass is 331 g/mol. The van der Waals surface area contributed by atoms with Gasteiger partial charge in [0.2, 0.25) is 0 Å². The molecule has 0 radical (unpaired) electrons. The van der Waals surface area contributed by atoms with Crippen molar-refractivity contribution in [3.63, 3.8) is 0 Å². The molecule has 0 saturated heterocycles. The molecule has 1 aliphatic rings. The minimum absolute atomic E-state index is 0.0754. The van der Waals surface area contributed by atoms with E-state index in [-0.39, 0.29) is 11.9 Å². The smallest absolute Gasteiger partial charge is 0.253 e. The number of nitrogens with one attached hydrogen (secondary N) is 1. The van der Waals surface area contributed by atoms with E-state index in [1.54, 1.807) is 17.8 Å². The first-order chi connectivity index (χ1) is 10.7. The third kappa shape index (κ3) is 3.16. The summed E-state index contributed by atoms with van der Waals surface area (Å²) < 4.78 is 0. The molecule has 3 rings (SSSR count). The fourth-order valence-electron chi connectivity index (χ4n) is 2.95. The highest BCUT2D eigenvalue weighted by Crippen LogP contribution is 2.30. The van der Waals surface area contributed by atoms with Crippen LogP contribution >= 0.6 is 23.4 Å². The van der Waals surface area contributed by atoms with Crippen LogP contribution in [0.5, 0.6) is 0 Å². The topological polar surface area (TPSA) is 29.1 Å². The molecule has 0 heterocycles. The Bertz CT molecular complexity index is 701. The lowest BCUT2D eigenvalue weighted by atomic mass is 9.87. The number of carbonyl (C=O) groups is 1. The van der Waals surface area contributed by atoms with E-state index in [1.807, 2.05) is 24.5 Å². The van der Waals surface area contributed by atoms with Crippen LogP contribution in [-0.4, -0.2) is 12.2 Å². The lowest BCUT2D eigenvalue weighted by Crippen LogP contribution is -2.31. The second-order valence-electron chi connectivity index (χ2n) is 5.46. The molecule has 1 atom stereocenters. The van der Waals surface area contributed by atoms with Gasteiger partial charge in [-0.3, -0.25) is 4.79 Å². The van der Waals surface area contributed by atoms with Crippen molar-refractivity contribution < 1.29 is 4.79 Å². The van der Waals surface area contributed by atoms with E-state index >= 15 is 0 Å². The highest BCUT2D eigenvalue weighted by Gasteiger charge is 2.22. The summed E-state index contributed by atoms with van der Waals surface area (Å²) >= 11 is 7.80. The zero-order valence-electron chi connectivity index (χ0n) is 12.4. The van der Waals surface area contributed by atoms with Gasteiger partial charge in [0.15, 0.2) is 0 Å². The van der Waals surface area contributed by atoms with Crippen molar-refractivity contribution in [2.75, 3.05) is 6.26 Å². The first-order valence-electron chi connectivity index (χ1n) is 7.41. The standard InChI is InChI=1S/C18H18ClNOS/c1-22-13-9-10-16(19)15(11-13)18(21)20-17-8-4-6-12-5-2-3-7-14(12)17/h2-3,5,7,9-11,17H,4,6,8H2,1H3,(H,20,21)/t17-/m0/s1. The minimum Gasteiger partial charge on any atom is -0.345 e. The van der Waals surface area contributed by atoms with Gasteiger partial charge in [0, 0.05) is 4.90 Å². The summed E-state index contributed by atoms with van der Waals surface area (Å²) in [6, 6.07) is 14.0. The molecule has 114 valence electrons. The van der Waals surface area contributed by atoms with E-state index in [0.717, 1.165) is 24.2 Å². The largest absolute Gasteiger partial charge is 0.345 e. The van der Waals surface area contributed by atoms with Crippen molar-refractivity contribution in [2.45, 2.75) is 30.2 Å². The van der Waals surface area contributed by atoms with Gasteiger partial charge in [0.1, 0.15) is 0 Å². The van der Waals surface area contributed by atoms with Gasteiger partial charge in [-0.1, -0.05) is 35.9 Å². The summed E-state index contributed by atoms with van der Waals surface area (Å²) in [5.41, 5.74) is 3.12. The number of halogens is 1. The molecule has 4 heteroatoms. The maximum Gasteiger partial charge on any atom is 0.253 e. The molecular formula is C18H18ClNOS. The molecule has 1 aliphatic carbocycles. The van der Waals surface area contributed by atoms with Gasteiger partial charge in [0.05, 0.1) is 16.6 Å². The number of rotatable bonds is 3. The second kappa shape index (κ2) is 6.76. The van der Waals surface area contributed by atoms with E-state index in [9.17, 15) is 4.79 Å². The molecule has 0 spiro atoms. The fraction of sp³-hybridized carbons (Fsp3) is 0.278. The van der Waals surface area contributed by atoms with Crippen molar-refractivity contribution >= 4 is 29.3 Å². The molecule has 0 fully saturated rings. The number of hydrogen-bond acceptors (Lipinski definition) is 2. The van der Waals surface area contributed by atoms with Gasteiger partial charge in [-0.25, -0.2) is 0 Å². The van der Waals surface area contributed by atoms with E-state index in [4.69, 9.17) is 11.6 Å². The fourth-order valence-corrected chi connectivity index (χ4v) is 3.59. The van der Waals surface area contributed by atoms with Crippen LogP contribution in [-0.2, 0) is 6.42 Å². The van der Waals surface area contributed by atoms with Gasteiger partial charge in [0.25, 0.3) is 5.91 Å². The van der Waals surface area contributed by atoms with Crippen LogP contribution in [0.25, 0.3) is 0 Å². The lowest BCUT2D eigenvalue weighted by Gasteiger charge is -2.26. The summed E-state index contributed by atoms with van der Waals surface area (Å²) in [5.74, 6) is -0.0948. The molecule has 0 unspecified atom stereocenters. The molecule has 0 aliphatic heterocycles. The van der Waals surface area contributed by atoms with Gasteiger partial charge in [-0.15, -0.1) is 11.8 Å². The number of hydrogen-bond donors (Lipinski definition) is 1. The average Bonchev–Trinajstić information content (AvgIpc) is 2.55. The van der Waals surface area contributed by atoms with E-state index in [1.165, 1.54) is 11.1 Å². The van der Waals surface area contributed by atoms with Crippen molar-refractivity contribution in [2.24, 2.45) is 0 Å². The molecule has 0 saturated carbocycles. The zero-order valence-corrected chi connectivity index (χ0v) is 14.0. The summed E-state index contributed by atoms with van der Waals surface area (Å²) in [4.78, 5) is 13.6. The zero-order chi connectivity index (χ0) is 15.5. The molecule has 2 aromatic carbocycles. The Morgan fingerprint density at radius 3 is 2.91 bits per heavy atom. The molecule has 2 nitrogen and oxygen atoms in total. The van der Waals surface area contributed by atoms with Crippen LogP contribution < -0.4 is 5.32 Å². The number of benzene rings is 2. The third-order valence-electron chi connectivity index (χ3n) is 4.09. The normalized spacial score (nSPS) is 16.9. The highest BCUT2D eigenvalue weighted by molar-refractivity contribution is 7.98. The number of aryl methyl sites for hydroxylation is 1. The molecule has 1 N–H and O–H groups in total. The van der Waals surface area contributed by atoms with Gasteiger partial charge in [-0.05, 0) is 54.8 Å². The van der Waals surface area contributed by atoms with Crippen LogP contribution in [0.3, 0.4) is 0 Å². The Balaban J connectivity index is 1.84. The Kier molecular flexibility index (Phi) is 4.74. The molecule has 2 aromatic rings. The maximum atomic E-state index is 12.6. The van der Waals surface area contributed by atoms with Gasteiger partial charge in [-0.2, -0.15) is 0 Å². The Labute approximate surface area is 140 Å². The third-order valence-corrected chi connectivity index (χ3v) is 5.15. The average molecular weight is 332 g/mol. The first-order valence-corrected chi connectivity index (χ1v) is 9.01. The number of fused-ring (bicyclic) bond motifs is 1. The highest BCUT2D eigenvalue weighted by atomic mass is 35.5. The quantitative estimate of drug-likeness (QED) is 0.813. The lowest BCUT2D eigenvalue weighted by molar-refractivity contribution is 0.0932. The van der Waals surface area contributed by atoms with Crippen molar-refractivity contribution in [3.8, 4) is 0 Å². The predicted octanol–water partition coefficient (Wildman–Crippen LogP) is 4.87. The Morgan fingerprint density at radius 2 is 2.09 bits per heavy atom. The molecule has 0 bridgehead atoms. The van der Waals surface area contributed by atoms with Crippen LogP contribution in [0.4, 0.5) is 0 Å². The predicted molar refractivity (Wildman–Crippen MR) is 92.8 cm³/mol. The van der Waals surface area contributed by atoms with Crippen LogP contribution in [0.2, 0.25) is 5.02 Å². The number of amides is 1. The Morgan fingerprint density at radius 1 is 1.27 bits per heavy atom. The second-order valence-corrected chi connectivity index (χ2v) is 6.75. The summed E-state index contributed by atoms with van der Waals surface area (Å²) in [7, 11) is 0. The molecule has 1 amide bonds. The van der Waals surface area contributed by atoms with Crippen molar-refractivity contribution in [1.82, 2.24) is 5.32 Å². The van der Waals surface area contributed by atoms with E-state index in [2.05, 4.69) is 23.5 Å². The molecule has 0 aromatic heterocycles. The summed E-state index contributed by atoms with van der Waals surface area (Å²) in [6.45, 7) is 0. The SMILES string of the molecule is CSc1ccc(Cl)c(C(=O)N[C@H]2CCCc3ccccc32)c1. The summed E-state index contributed by atoms with van der Waals surface area (Å²) in [6.07, 6.45) is 5.15. The molecular weight excluding hydrogens is 314 g/mol. The van der Waals surface area contributed by atoms with Crippen molar-refractivity contribution in [1.29, 1.82) is 0 Å². The van der Waals surface area contributed by atoms with Crippen LogP contribution in [0.15, 0.2) is 47.4 Å². The van der Waals surface area contributed by atoms with Crippen LogP contribution in [0, 0.1) is 0 Å². The molecule has 22 heavy (non-hydrogen) atoms. The maximum absolute atomic E-state index is 12.6. The van der Waals surface area contributed by atoms with E-state index < -0.39 is 0 Å².